The Morgan fingerprint density at radius 3 is 2.83 bits per heavy atom. The molecule has 0 saturated carbocycles. The highest BCUT2D eigenvalue weighted by Gasteiger charge is 2.26. The van der Waals surface area contributed by atoms with Gasteiger partial charge in [0.2, 0.25) is 5.91 Å². The van der Waals surface area contributed by atoms with E-state index in [9.17, 15) is 4.79 Å². The highest BCUT2D eigenvalue weighted by Crippen LogP contribution is 2.31. The van der Waals surface area contributed by atoms with Crippen molar-refractivity contribution in [1.82, 2.24) is 14.5 Å². The number of hydrogen-bond acceptors (Lipinski definition) is 4. The standard InChI is InChI=1S/C24H25N5O/c1-2-29-21-8-4-3-7-19(21)20-14-18(9-10-22(20)29)27-24(30)17-6-5-13-28(16-17)23-15-25-11-12-26-23/h3-4,7-12,14-15,17H,2,5-6,13,16H2,1H3,(H,27,30). The number of benzene rings is 2. The number of amides is 1. The third kappa shape index (κ3) is 3.28. The Bertz CT molecular complexity index is 1200. The third-order valence-corrected chi connectivity index (χ3v) is 6.02. The van der Waals surface area contributed by atoms with Gasteiger partial charge in [0.1, 0.15) is 5.82 Å². The molecule has 5 rings (SSSR count). The van der Waals surface area contributed by atoms with Crippen molar-refractivity contribution in [3.05, 3.63) is 61.1 Å². The van der Waals surface area contributed by atoms with Crippen LogP contribution in [0.3, 0.4) is 0 Å². The van der Waals surface area contributed by atoms with Crippen LogP contribution in [0, 0.1) is 5.92 Å². The van der Waals surface area contributed by atoms with Gasteiger partial charge in [-0.15, -0.1) is 0 Å². The molecule has 6 heteroatoms. The van der Waals surface area contributed by atoms with Crippen LogP contribution in [0.1, 0.15) is 19.8 Å². The molecule has 6 nitrogen and oxygen atoms in total. The van der Waals surface area contributed by atoms with Crippen molar-refractivity contribution in [3.63, 3.8) is 0 Å². The Labute approximate surface area is 175 Å². The van der Waals surface area contributed by atoms with E-state index < -0.39 is 0 Å². The van der Waals surface area contributed by atoms with Crippen LogP contribution in [0.25, 0.3) is 21.8 Å². The third-order valence-electron chi connectivity index (χ3n) is 6.02. The summed E-state index contributed by atoms with van der Waals surface area (Å²) in [6.45, 7) is 4.65. The first-order valence-electron chi connectivity index (χ1n) is 10.6. The molecule has 1 fully saturated rings. The highest BCUT2D eigenvalue weighted by molar-refractivity contribution is 6.09. The van der Waals surface area contributed by atoms with Crippen LogP contribution in [0.2, 0.25) is 0 Å². The van der Waals surface area contributed by atoms with Crippen molar-refractivity contribution >= 4 is 39.2 Å². The Hall–Kier alpha value is -3.41. The normalized spacial score (nSPS) is 16.8. The Kier molecular flexibility index (Phi) is 4.83. The highest BCUT2D eigenvalue weighted by atomic mass is 16.1. The molecule has 1 aliphatic heterocycles. The van der Waals surface area contributed by atoms with Crippen LogP contribution in [0.5, 0.6) is 0 Å². The maximum Gasteiger partial charge on any atom is 0.229 e. The number of carbonyl (C=O) groups is 1. The zero-order valence-electron chi connectivity index (χ0n) is 17.1. The number of fused-ring (bicyclic) bond motifs is 3. The summed E-state index contributed by atoms with van der Waals surface area (Å²) in [6.07, 6.45) is 6.99. The fraction of sp³-hybridized carbons (Fsp3) is 0.292. The van der Waals surface area contributed by atoms with E-state index in [1.54, 1.807) is 18.6 Å². The van der Waals surface area contributed by atoms with Crippen molar-refractivity contribution in [2.24, 2.45) is 5.92 Å². The molecule has 30 heavy (non-hydrogen) atoms. The van der Waals surface area contributed by atoms with Gasteiger partial charge in [0.15, 0.2) is 0 Å². The minimum atomic E-state index is -0.0616. The number of nitrogens with zero attached hydrogens (tertiary/aromatic N) is 4. The molecule has 0 bridgehead atoms. The smallest absolute Gasteiger partial charge is 0.229 e. The van der Waals surface area contributed by atoms with E-state index in [-0.39, 0.29) is 11.8 Å². The lowest BCUT2D eigenvalue weighted by atomic mass is 9.97. The number of aryl methyl sites for hydroxylation is 1. The quantitative estimate of drug-likeness (QED) is 0.550. The molecular weight excluding hydrogens is 374 g/mol. The van der Waals surface area contributed by atoms with Gasteiger partial charge in [0, 0.05) is 59.5 Å². The van der Waals surface area contributed by atoms with Gasteiger partial charge in [-0.05, 0) is 44.0 Å². The predicted octanol–water partition coefficient (Wildman–Crippen LogP) is 4.46. The average Bonchev–Trinajstić information content (AvgIpc) is 3.13. The second-order valence-corrected chi connectivity index (χ2v) is 7.83. The van der Waals surface area contributed by atoms with Gasteiger partial charge in [-0.3, -0.25) is 9.78 Å². The van der Waals surface area contributed by atoms with E-state index >= 15 is 0 Å². The molecule has 0 aliphatic carbocycles. The molecule has 2 aromatic carbocycles. The number of anilines is 2. The first kappa shape index (κ1) is 18.6. The van der Waals surface area contributed by atoms with Crippen LogP contribution in [-0.2, 0) is 11.3 Å². The molecule has 1 atom stereocenters. The number of nitrogens with one attached hydrogen (secondary N) is 1. The summed E-state index contributed by atoms with van der Waals surface area (Å²) in [6, 6.07) is 14.7. The van der Waals surface area contributed by atoms with E-state index in [1.165, 1.54) is 21.8 Å². The fourth-order valence-electron chi connectivity index (χ4n) is 4.57. The van der Waals surface area contributed by atoms with Crippen molar-refractivity contribution in [1.29, 1.82) is 0 Å². The lowest BCUT2D eigenvalue weighted by Gasteiger charge is -2.32. The lowest BCUT2D eigenvalue weighted by Crippen LogP contribution is -2.41. The summed E-state index contributed by atoms with van der Waals surface area (Å²) < 4.78 is 2.32. The SMILES string of the molecule is CCn1c2ccccc2c2cc(NC(=O)C3CCCN(c4cnccn4)C3)ccc21. The van der Waals surface area contributed by atoms with E-state index in [0.29, 0.717) is 6.54 Å². The van der Waals surface area contributed by atoms with Gasteiger partial charge in [-0.25, -0.2) is 4.98 Å². The molecule has 0 spiro atoms. The summed E-state index contributed by atoms with van der Waals surface area (Å²) in [5, 5.41) is 5.55. The first-order valence-corrected chi connectivity index (χ1v) is 10.6. The van der Waals surface area contributed by atoms with Gasteiger partial charge < -0.3 is 14.8 Å². The molecule has 2 aromatic heterocycles. The zero-order chi connectivity index (χ0) is 20.5. The van der Waals surface area contributed by atoms with Gasteiger partial charge >= 0.3 is 0 Å². The predicted molar refractivity (Wildman–Crippen MR) is 121 cm³/mol. The van der Waals surface area contributed by atoms with E-state index in [2.05, 4.69) is 68.1 Å². The van der Waals surface area contributed by atoms with Crippen molar-refractivity contribution in [3.8, 4) is 0 Å². The minimum absolute atomic E-state index is 0.0616. The van der Waals surface area contributed by atoms with Crippen LogP contribution >= 0.6 is 0 Å². The number of rotatable bonds is 4. The largest absolute Gasteiger partial charge is 0.355 e. The minimum Gasteiger partial charge on any atom is -0.355 e. The van der Waals surface area contributed by atoms with Gasteiger partial charge in [-0.2, -0.15) is 0 Å². The molecule has 0 radical (unpaired) electrons. The Balaban J connectivity index is 1.39. The van der Waals surface area contributed by atoms with Gasteiger partial charge in [0.05, 0.1) is 12.1 Å². The second kappa shape index (κ2) is 7.78. The zero-order valence-corrected chi connectivity index (χ0v) is 17.1. The number of aromatic nitrogens is 3. The first-order chi connectivity index (χ1) is 14.7. The number of piperidine rings is 1. The molecule has 3 heterocycles. The molecule has 1 amide bonds. The van der Waals surface area contributed by atoms with Crippen molar-refractivity contribution < 1.29 is 4.79 Å². The maximum absolute atomic E-state index is 13.0. The molecule has 1 saturated heterocycles. The Morgan fingerprint density at radius 2 is 2.00 bits per heavy atom. The van der Waals surface area contributed by atoms with Crippen LogP contribution < -0.4 is 10.2 Å². The fourth-order valence-corrected chi connectivity index (χ4v) is 4.57. The van der Waals surface area contributed by atoms with Crippen molar-refractivity contribution in [2.45, 2.75) is 26.3 Å². The molecule has 152 valence electrons. The van der Waals surface area contributed by atoms with Gasteiger partial charge in [-0.1, -0.05) is 18.2 Å². The summed E-state index contributed by atoms with van der Waals surface area (Å²) in [4.78, 5) is 23.7. The molecule has 1 N–H and O–H groups in total. The van der Waals surface area contributed by atoms with E-state index in [0.717, 1.165) is 37.4 Å². The van der Waals surface area contributed by atoms with E-state index in [1.807, 2.05) is 6.07 Å². The van der Waals surface area contributed by atoms with E-state index in [4.69, 9.17) is 0 Å². The summed E-state index contributed by atoms with van der Waals surface area (Å²) in [5.74, 6) is 0.847. The van der Waals surface area contributed by atoms with Crippen LogP contribution in [-0.4, -0.2) is 33.5 Å². The lowest BCUT2D eigenvalue weighted by molar-refractivity contribution is -0.120. The summed E-state index contributed by atoms with van der Waals surface area (Å²) >= 11 is 0. The summed E-state index contributed by atoms with van der Waals surface area (Å²) in [5.41, 5.74) is 3.27. The van der Waals surface area contributed by atoms with Crippen molar-refractivity contribution in [2.75, 3.05) is 23.3 Å². The number of para-hydroxylation sites is 1. The number of carbonyl (C=O) groups excluding carboxylic acids is 1. The molecular formula is C24H25N5O. The second-order valence-electron chi connectivity index (χ2n) is 7.83. The van der Waals surface area contributed by atoms with Gasteiger partial charge in [0.25, 0.3) is 0 Å². The monoisotopic (exact) mass is 399 g/mol. The Morgan fingerprint density at radius 1 is 1.13 bits per heavy atom. The van der Waals surface area contributed by atoms with Crippen LogP contribution in [0.15, 0.2) is 61.1 Å². The average molecular weight is 399 g/mol. The molecule has 1 unspecified atom stereocenters. The topological polar surface area (TPSA) is 63.1 Å². The number of hydrogen-bond donors (Lipinski definition) is 1. The van der Waals surface area contributed by atoms with Crippen LogP contribution in [0.4, 0.5) is 11.5 Å². The molecule has 4 aromatic rings. The maximum atomic E-state index is 13.0. The summed E-state index contributed by atoms with van der Waals surface area (Å²) in [7, 11) is 0. The molecule has 1 aliphatic rings.